The molecule has 0 bridgehead atoms. The molecule has 0 fully saturated rings. The maximum absolute atomic E-state index is 10.8. The van der Waals surface area contributed by atoms with Gasteiger partial charge in [-0.05, 0) is 29.5 Å². The lowest BCUT2D eigenvalue weighted by molar-refractivity contribution is -0.140. The van der Waals surface area contributed by atoms with Gasteiger partial charge >= 0.3 is 5.97 Å². The Morgan fingerprint density at radius 1 is 1.47 bits per heavy atom. The third-order valence-corrected chi connectivity index (χ3v) is 2.62. The van der Waals surface area contributed by atoms with E-state index in [1.807, 2.05) is 0 Å². The van der Waals surface area contributed by atoms with Crippen LogP contribution in [0.25, 0.3) is 0 Å². The first-order chi connectivity index (χ1) is 7.00. The van der Waals surface area contributed by atoms with E-state index in [9.17, 15) is 4.79 Å². The molecule has 0 radical (unpaired) electrons. The van der Waals surface area contributed by atoms with Crippen LogP contribution < -0.4 is 0 Å². The highest BCUT2D eigenvalue weighted by atomic mass is 79.9. The van der Waals surface area contributed by atoms with E-state index >= 15 is 0 Å². The van der Waals surface area contributed by atoms with E-state index in [0.29, 0.717) is 0 Å². The molecule has 0 amide bonds. The first-order valence-corrected chi connectivity index (χ1v) is 5.17. The second-order valence-electron chi connectivity index (χ2n) is 2.98. The lowest BCUT2D eigenvalue weighted by Gasteiger charge is -2.15. The highest BCUT2D eigenvalue weighted by Crippen LogP contribution is 2.17. The Hall–Kier alpha value is -0.780. The Labute approximate surface area is 101 Å². The quantitative estimate of drug-likeness (QED) is 0.835. The molecule has 0 spiro atoms. The average molecular weight is 295 g/mol. The van der Waals surface area contributed by atoms with Crippen LogP contribution >= 0.6 is 27.9 Å². The predicted molar refractivity (Wildman–Crippen MR) is 59.9 cm³/mol. The van der Waals surface area contributed by atoms with Crippen LogP contribution in [-0.2, 0) is 11.2 Å². The number of phenolic OH excluding ortho intramolecular Hbond substituents is 1. The topological polar surface area (TPSA) is 60.8 Å². The molecule has 1 aromatic carbocycles. The normalized spacial score (nSPS) is 12.7. The first kappa shape index (κ1) is 12.3. The van der Waals surface area contributed by atoms with Gasteiger partial charge in [0.15, 0.2) is 0 Å². The molecule has 1 rings (SSSR count). The monoisotopic (exact) mass is 293 g/mol. The van der Waals surface area contributed by atoms with Gasteiger partial charge in [-0.25, -0.2) is 0 Å². The number of rotatable bonds is 4. The highest BCUT2D eigenvalue weighted by molar-refractivity contribution is 9.08. The van der Waals surface area contributed by atoms with E-state index in [1.54, 1.807) is 12.1 Å². The molecule has 2 N–H and O–H groups in total. The zero-order valence-electron chi connectivity index (χ0n) is 7.60. The Balaban J connectivity index is 2.74. The molecule has 0 aliphatic carbocycles. The SMILES string of the molecule is O=C(O)[C@H](Cc1ccc(O)cc1)N(Cl)Br. The van der Waals surface area contributed by atoms with Crippen LogP contribution in [-0.4, -0.2) is 25.7 Å². The number of benzene rings is 1. The van der Waals surface area contributed by atoms with Gasteiger partial charge in [0, 0.05) is 22.6 Å². The van der Waals surface area contributed by atoms with E-state index in [2.05, 4.69) is 16.1 Å². The van der Waals surface area contributed by atoms with E-state index < -0.39 is 12.0 Å². The van der Waals surface area contributed by atoms with Crippen LogP contribution in [0.2, 0.25) is 0 Å². The Morgan fingerprint density at radius 3 is 2.40 bits per heavy atom. The fourth-order valence-electron chi connectivity index (χ4n) is 1.10. The number of carboxylic acid groups (broad SMARTS) is 1. The summed E-state index contributed by atoms with van der Waals surface area (Å²) >= 11 is 8.42. The number of halogens is 2. The number of phenols is 1. The van der Waals surface area contributed by atoms with Crippen LogP contribution in [0, 0.1) is 0 Å². The van der Waals surface area contributed by atoms with Crippen molar-refractivity contribution in [3.05, 3.63) is 29.8 Å². The molecule has 0 aliphatic rings. The summed E-state index contributed by atoms with van der Waals surface area (Å²) < 4.78 is 0.947. The molecule has 15 heavy (non-hydrogen) atoms. The van der Waals surface area contributed by atoms with Crippen molar-refractivity contribution in [2.75, 3.05) is 0 Å². The van der Waals surface area contributed by atoms with Gasteiger partial charge in [-0.15, -0.1) is 3.45 Å². The van der Waals surface area contributed by atoms with Crippen molar-refractivity contribution in [1.82, 2.24) is 3.45 Å². The molecular formula is C9H9BrClNO3. The predicted octanol–water partition coefficient (Wildman–Crippen LogP) is 2.15. The van der Waals surface area contributed by atoms with Gasteiger partial charge in [0.05, 0.1) is 0 Å². The van der Waals surface area contributed by atoms with Crippen molar-refractivity contribution in [3.8, 4) is 5.75 Å². The van der Waals surface area contributed by atoms with Crippen LogP contribution in [0.5, 0.6) is 5.75 Å². The summed E-state index contributed by atoms with van der Waals surface area (Å²) in [6.07, 6.45) is 0.254. The van der Waals surface area contributed by atoms with Gasteiger partial charge < -0.3 is 10.2 Å². The summed E-state index contributed by atoms with van der Waals surface area (Å²) in [6.45, 7) is 0. The van der Waals surface area contributed by atoms with Gasteiger partial charge in [0.25, 0.3) is 0 Å². The van der Waals surface area contributed by atoms with Crippen molar-refractivity contribution >= 4 is 33.9 Å². The summed E-state index contributed by atoms with van der Waals surface area (Å²) in [4.78, 5) is 10.8. The number of hydrogen-bond acceptors (Lipinski definition) is 3. The van der Waals surface area contributed by atoms with Gasteiger partial charge in [-0.1, -0.05) is 12.1 Å². The molecule has 6 heteroatoms. The van der Waals surface area contributed by atoms with Crippen LogP contribution in [0.15, 0.2) is 24.3 Å². The molecule has 0 aliphatic heterocycles. The maximum atomic E-state index is 10.8. The molecule has 0 aromatic heterocycles. The summed E-state index contributed by atoms with van der Waals surface area (Å²) in [5, 5.41) is 17.9. The molecule has 1 aromatic rings. The Bertz CT molecular complexity index is 342. The average Bonchev–Trinajstić information content (AvgIpc) is 2.15. The lowest BCUT2D eigenvalue weighted by atomic mass is 10.1. The van der Waals surface area contributed by atoms with E-state index in [-0.39, 0.29) is 12.2 Å². The van der Waals surface area contributed by atoms with Crippen molar-refractivity contribution in [2.24, 2.45) is 0 Å². The molecule has 82 valence electrons. The number of nitrogens with zero attached hydrogens (tertiary/aromatic N) is 1. The minimum absolute atomic E-state index is 0.146. The molecule has 0 saturated carbocycles. The summed E-state index contributed by atoms with van der Waals surface area (Å²) in [7, 11) is 0. The van der Waals surface area contributed by atoms with Gasteiger partial charge in [0.1, 0.15) is 11.8 Å². The zero-order chi connectivity index (χ0) is 11.4. The fourth-order valence-corrected chi connectivity index (χ4v) is 1.57. The molecule has 0 unspecified atom stereocenters. The van der Waals surface area contributed by atoms with Gasteiger partial charge in [0.2, 0.25) is 0 Å². The molecule has 4 nitrogen and oxygen atoms in total. The summed E-state index contributed by atoms with van der Waals surface area (Å²) in [5.41, 5.74) is 0.783. The summed E-state index contributed by atoms with van der Waals surface area (Å²) in [6, 6.07) is 5.45. The Morgan fingerprint density at radius 2 is 2.00 bits per heavy atom. The fraction of sp³-hybridized carbons (Fsp3) is 0.222. The molecule has 0 heterocycles. The summed E-state index contributed by atoms with van der Waals surface area (Å²) in [5.74, 6) is -0.873. The largest absolute Gasteiger partial charge is 0.508 e. The third kappa shape index (κ3) is 3.70. The molecular weight excluding hydrogens is 285 g/mol. The molecule has 1 atom stereocenters. The number of aromatic hydroxyl groups is 1. The van der Waals surface area contributed by atoms with E-state index in [4.69, 9.17) is 22.0 Å². The van der Waals surface area contributed by atoms with E-state index in [0.717, 1.165) is 9.01 Å². The van der Waals surface area contributed by atoms with E-state index in [1.165, 1.54) is 12.1 Å². The minimum atomic E-state index is -1.02. The lowest BCUT2D eigenvalue weighted by Crippen LogP contribution is -2.31. The minimum Gasteiger partial charge on any atom is -0.508 e. The van der Waals surface area contributed by atoms with Crippen LogP contribution in [0.4, 0.5) is 0 Å². The highest BCUT2D eigenvalue weighted by Gasteiger charge is 2.23. The first-order valence-electron chi connectivity index (χ1n) is 4.12. The van der Waals surface area contributed by atoms with Crippen LogP contribution in [0.3, 0.4) is 0 Å². The second kappa shape index (κ2) is 5.34. The van der Waals surface area contributed by atoms with Crippen molar-refractivity contribution in [3.63, 3.8) is 0 Å². The van der Waals surface area contributed by atoms with Crippen molar-refractivity contribution < 1.29 is 15.0 Å². The number of aliphatic carboxylic acids is 1. The standard InChI is InChI=1S/C9H9BrClNO3/c10-12(11)8(9(14)15)5-6-1-3-7(13)4-2-6/h1-4,8,13H,5H2,(H,14,15)/t8-/m0/s1. The van der Waals surface area contributed by atoms with Gasteiger partial charge in [-0.3, -0.25) is 4.79 Å². The zero-order valence-corrected chi connectivity index (χ0v) is 9.94. The molecule has 0 saturated heterocycles. The Kier molecular flexibility index (Phi) is 4.38. The van der Waals surface area contributed by atoms with Crippen LogP contribution in [0.1, 0.15) is 5.56 Å². The third-order valence-electron chi connectivity index (χ3n) is 1.89. The van der Waals surface area contributed by atoms with Crippen molar-refractivity contribution in [1.29, 1.82) is 0 Å². The van der Waals surface area contributed by atoms with Crippen molar-refractivity contribution in [2.45, 2.75) is 12.5 Å². The number of carboxylic acids is 1. The van der Waals surface area contributed by atoms with Gasteiger partial charge in [-0.2, -0.15) is 0 Å². The second-order valence-corrected chi connectivity index (χ2v) is 4.52. The number of hydrogen-bond donors (Lipinski definition) is 2. The number of carbonyl (C=O) groups is 1. The maximum Gasteiger partial charge on any atom is 0.323 e. The smallest absolute Gasteiger partial charge is 0.323 e.